The van der Waals surface area contributed by atoms with Crippen LogP contribution < -0.4 is 20.5 Å². The van der Waals surface area contributed by atoms with Crippen molar-refractivity contribution in [1.29, 1.82) is 0 Å². The number of carbonyl (C=O) groups is 2. The fraction of sp³-hybridized carbons (Fsp3) is 0.429. The number of methoxy groups -OCH3 is 1. The monoisotopic (exact) mass is 344 g/mol. The van der Waals surface area contributed by atoms with Crippen molar-refractivity contribution in [3.63, 3.8) is 0 Å². The largest absolute Gasteiger partial charge is 0.493 e. The zero-order valence-electron chi connectivity index (χ0n) is 12.6. The molecule has 8 nitrogen and oxygen atoms in total. The molecule has 1 aromatic rings. The molecule has 128 valence electrons. The van der Waals surface area contributed by atoms with Crippen molar-refractivity contribution in [3.8, 4) is 11.5 Å². The average molecular weight is 344 g/mol. The van der Waals surface area contributed by atoms with Crippen LogP contribution in [0.25, 0.3) is 0 Å². The van der Waals surface area contributed by atoms with Crippen molar-refractivity contribution in [3.05, 3.63) is 24.3 Å². The van der Waals surface area contributed by atoms with Crippen molar-refractivity contribution >= 4 is 24.7 Å². The number of alkyl carbamates (subject to hydrolysis) is 1. The molecule has 2 atom stereocenters. The minimum atomic E-state index is -1.00. The standard InChI is InChI=1S/C11H13NO4.C3H7NO2S/c1-14-9-4-2-3-5-10(9)15-7-8-6-12-11(13)16-8;4-2(1-7)3(5)6/h2-5,8H,6-7H2,1H3,(H,12,13);2,7H,1,4H2,(H,5,6). The molecule has 1 heterocycles. The predicted octanol–water partition coefficient (Wildman–Crippen LogP) is 0.510. The quantitative estimate of drug-likeness (QED) is 0.555. The van der Waals surface area contributed by atoms with E-state index in [1.165, 1.54) is 0 Å². The van der Waals surface area contributed by atoms with Crippen LogP contribution in [0, 0.1) is 0 Å². The van der Waals surface area contributed by atoms with Crippen molar-refractivity contribution in [1.82, 2.24) is 5.32 Å². The molecule has 23 heavy (non-hydrogen) atoms. The second-order valence-corrected chi connectivity index (χ2v) is 4.86. The first-order valence-corrected chi connectivity index (χ1v) is 7.40. The fourth-order valence-electron chi connectivity index (χ4n) is 1.52. The summed E-state index contributed by atoms with van der Waals surface area (Å²) in [6.45, 7) is 0.799. The first-order valence-electron chi connectivity index (χ1n) is 6.77. The zero-order chi connectivity index (χ0) is 17.2. The first-order chi connectivity index (χ1) is 11.0. The van der Waals surface area contributed by atoms with E-state index in [1.54, 1.807) is 7.11 Å². The molecular formula is C14H20N2O6S. The third kappa shape index (κ3) is 6.66. The summed E-state index contributed by atoms with van der Waals surface area (Å²) in [4.78, 5) is 20.5. The average Bonchev–Trinajstić information content (AvgIpc) is 2.98. The van der Waals surface area contributed by atoms with Crippen LogP contribution in [0.4, 0.5) is 4.79 Å². The molecule has 2 unspecified atom stereocenters. The van der Waals surface area contributed by atoms with Crippen LogP contribution in [-0.2, 0) is 9.53 Å². The number of carbonyl (C=O) groups excluding carboxylic acids is 1. The van der Waals surface area contributed by atoms with Gasteiger partial charge in [-0.05, 0) is 12.1 Å². The number of carboxylic acid groups (broad SMARTS) is 1. The Morgan fingerprint density at radius 3 is 2.61 bits per heavy atom. The van der Waals surface area contributed by atoms with Crippen LogP contribution in [0.5, 0.6) is 11.5 Å². The van der Waals surface area contributed by atoms with Gasteiger partial charge in [0, 0.05) is 5.75 Å². The van der Waals surface area contributed by atoms with Crippen molar-refractivity contribution in [2.45, 2.75) is 12.1 Å². The third-order valence-corrected chi connectivity index (χ3v) is 3.15. The van der Waals surface area contributed by atoms with Crippen molar-refractivity contribution < 1.29 is 28.9 Å². The van der Waals surface area contributed by atoms with Gasteiger partial charge in [0.2, 0.25) is 0 Å². The van der Waals surface area contributed by atoms with E-state index in [9.17, 15) is 9.59 Å². The lowest BCUT2D eigenvalue weighted by Gasteiger charge is -2.12. The number of ether oxygens (including phenoxy) is 3. The number of cyclic esters (lactones) is 1. The number of hydrogen-bond donors (Lipinski definition) is 4. The van der Waals surface area contributed by atoms with Gasteiger partial charge in [-0.1, -0.05) is 12.1 Å². The second-order valence-electron chi connectivity index (χ2n) is 4.50. The minimum Gasteiger partial charge on any atom is -0.493 e. The van der Waals surface area contributed by atoms with E-state index in [1.807, 2.05) is 24.3 Å². The maximum atomic E-state index is 10.8. The summed E-state index contributed by atoms with van der Waals surface area (Å²) in [5.41, 5.74) is 4.94. The van der Waals surface area contributed by atoms with E-state index in [2.05, 4.69) is 17.9 Å². The van der Waals surface area contributed by atoms with Gasteiger partial charge in [0.05, 0.1) is 13.7 Å². The lowest BCUT2D eigenvalue weighted by molar-refractivity contribution is -0.137. The van der Waals surface area contributed by atoms with Gasteiger partial charge in [-0.3, -0.25) is 4.79 Å². The maximum Gasteiger partial charge on any atom is 0.407 e. The highest BCUT2D eigenvalue weighted by Crippen LogP contribution is 2.26. The van der Waals surface area contributed by atoms with Crippen LogP contribution in [0.3, 0.4) is 0 Å². The smallest absolute Gasteiger partial charge is 0.407 e. The molecule has 2 rings (SSSR count). The first kappa shape index (κ1) is 18.9. The number of hydrogen-bond acceptors (Lipinski definition) is 7. The Morgan fingerprint density at radius 1 is 1.52 bits per heavy atom. The topological polar surface area (TPSA) is 120 Å². The number of amides is 1. The highest BCUT2D eigenvalue weighted by molar-refractivity contribution is 7.80. The molecule has 1 aliphatic rings. The molecule has 1 fully saturated rings. The highest BCUT2D eigenvalue weighted by atomic mass is 32.1. The van der Waals surface area contributed by atoms with Crippen LogP contribution in [-0.4, -0.2) is 55.3 Å². The van der Waals surface area contributed by atoms with Gasteiger partial charge in [0.1, 0.15) is 12.6 Å². The Morgan fingerprint density at radius 2 is 2.17 bits per heavy atom. The molecule has 0 bridgehead atoms. The van der Waals surface area contributed by atoms with E-state index in [0.29, 0.717) is 24.7 Å². The molecule has 0 spiro atoms. The summed E-state index contributed by atoms with van der Waals surface area (Å²) in [5.74, 6) is 0.498. The SMILES string of the molecule is COc1ccccc1OCC1CNC(=O)O1.NC(CS)C(=O)O. The normalized spacial score (nSPS) is 17.2. The lowest BCUT2D eigenvalue weighted by Crippen LogP contribution is -2.31. The summed E-state index contributed by atoms with van der Waals surface area (Å²) in [7, 11) is 1.58. The molecule has 0 radical (unpaired) electrons. The van der Waals surface area contributed by atoms with E-state index in [4.69, 9.17) is 25.1 Å². The van der Waals surface area contributed by atoms with E-state index in [0.717, 1.165) is 0 Å². The predicted molar refractivity (Wildman–Crippen MR) is 86.2 cm³/mol. The summed E-state index contributed by atoms with van der Waals surface area (Å²) in [5, 5.41) is 10.6. The Hall–Kier alpha value is -2.13. The third-order valence-electron chi connectivity index (χ3n) is 2.76. The summed E-state index contributed by atoms with van der Waals surface area (Å²) in [6.07, 6.45) is -0.633. The summed E-state index contributed by atoms with van der Waals surface area (Å²) in [6, 6.07) is 6.53. The minimum absolute atomic E-state index is 0.190. The van der Waals surface area contributed by atoms with Gasteiger partial charge in [-0.25, -0.2) is 4.79 Å². The fourth-order valence-corrected chi connectivity index (χ4v) is 1.68. The molecule has 9 heteroatoms. The van der Waals surface area contributed by atoms with Crippen LogP contribution in [0.15, 0.2) is 24.3 Å². The van der Waals surface area contributed by atoms with E-state index >= 15 is 0 Å². The van der Waals surface area contributed by atoms with Crippen molar-refractivity contribution in [2.24, 2.45) is 5.73 Å². The van der Waals surface area contributed by atoms with Crippen LogP contribution in [0.2, 0.25) is 0 Å². The summed E-state index contributed by atoms with van der Waals surface area (Å²) >= 11 is 3.65. The number of para-hydroxylation sites is 2. The van der Waals surface area contributed by atoms with Crippen molar-refractivity contribution in [2.75, 3.05) is 26.0 Å². The van der Waals surface area contributed by atoms with Gasteiger partial charge in [-0.2, -0.15) is 12.6 Å². The number of rotatable bonds is 6. The van der Waals surface area contributed by atoms with Gasteiger partial charge in [-0.15, -0.1) is 0 Å². The summed E-state index contributed by atoms with van der Waals surface area (Å²) < 4.78 is 15.6. The Balaban J connectivity index is 0.000000322. The van der Waals surface area contributed by atoms with E-state index in [-0.39, 0.29) is 11.9 Å². The molecule has 1 aromatic carbocycles. The number of benzene rings is 1. The zero-order valence-corrected chi connectivity index (χ0v) is 13.5. The van der Waals surface area contributed by atoms with Gasteiger partial charge in [0.15, 0.2) is 17.6 Å². The molecule has 1 amide bonds. The molecule has 1 saturated heterocycles. The molecular weight excluding hydrogens is 324 g/mol. The maximum absolute atomic E-state index is 10.8. The Bertz CT molecular complexity index is 528. The number of nitrogens with one attached hydrogen (secondary N) is 1. The second kappa shape index (κ2) is 9.80. The Labute approximate surface area is 139 Å². The van der Waals surface area contributed by atoms with Gasteiger partial charge in [0.25, 0.3) is 0 Å². The molecule has 0 aromatic heterocycles. The molecule has 0 saturated carbocycles. The number of nitrogens with two attached hydrogens (primary N) is 1. The Kier molecular flexibility index (Phi) is 8.06. The number of thiol groups is 1. The van der Waals surface area contributed by atoms with Crippen LogP contribution in [0.1, 0.15) is 0 Å². The highest BCUT2D eigenvalue weighted by Gasteiger charge is 2.23. The number of carboxylic acids is 1. The van der Waals surface area contributed by atoms with Crippen LogP contribution >= 0.6 is 12.6 Å². The molecule has 4 N–H and O–H groups in total. The van der Waals surface area contributed by atoms with Gasteiger partial charge >= 0.3 is 12.1 Å². The van der Waals surface area contributed by atoms with E-state index < -0.39 is 18.1 Å². The lowest BCUT2D eigenvalue weighted by atomic mass is 10.3. The number of aliphatic carboxylic acids is 1. The van der Waals surface area contributed by atoms with Gasteiger partial charge < -0.3 is 30.4 Å². The molecule has 0 aliphatic carbocycles. The molecule has 1 aliphatic heterocycles.